The normalized spacial score (nSPS) is 10.3. The molecule has 1 heterocycles. The van der Waals surface area contributed by atoms with Crippen molar-refractivity contribution in [1.82, 2.24) is 9.78 Å². The van der Waals surface area contributed by atoms with Gasteiger partial charge in [0.2, 0.25) is 5.91 Å². The number of aromatic nitrogens is 2. The Balaban J connectivity index is 2.03. The van der Waals surface area contributed by atoms with Gasteiger partial charge in [0.1, 0.15) is 12.4 Å². The van der Waals surface area contributed by atoms with Crippen molar-refractivity contribution in [2.45, 2.75) is 13.5 Å². The maximum absolute atomic E-state index is 12.9. The molecule has 0 fully saturated rings. The summed E-state index contributed by atoms with van der Waals surface area (Å²) in [5.41, 5.74) is 1.11. The summed E-state index contributed by atoms with van der Waals surface area (Å²) >= 11 is 0. The molecule has 1 aromatic heterocycles. The van der Waals surface area contributed by atoms with Crippen molar-refractivity contribution < 1.29 is 19.1 Å². The molecule has 2 rings (SSSR count). The van der Waals surface area contributed by atoms with Crippen LogP contribution in [-0.2, 0) is 11.3 Å². The number of rotatable bonds is 4. The summed E-state index contributed by atoms with van der Waals surface area (Å²) in [5, 5.41) is 15.1. The van der Waals surface area contributed by atoms with E-state index >= 15 is 0 Å². The molecule has 6 nitrogen and oxygen atoms in total. The average molecular weight is 277 g/mol. The maximum Gasteiger partial charge on any atom is 0.338 e. The van der Waals surface area contributed by atoms with Gasteiger partial charge in [-0.1, -0.05) is 0 Å². The highest BCUT2D eigenvalue weighted by molar-refractivity contribution is 5.91. The SMILES string of the molecule is Cc1cc(F)ccc1NC(=O)Cn1cc(C(=O)O)cn1. The Morgan fingerprint density at radius 1 is 1.45 bits per heavy atom. The van der Waals surface area contributed by atoms with Crippen molar-refractivity contribution in [3.8, 4) is 0 Å². The highest BCUT2D eigenvalue weighted by atomic mass is 19.1. The van der Waals surface area contributed by atoms with E-state index in [0.717, 1.165) is 0 Å². The minimum absolute atomic E-state index is 0.00997. The maximum atomic E-state index is 12.9. The van der Waals surface area contributed by atoms with Gasteiger partial charge in [0.25, 0.3) is 0 Å². The Bertz CT molecular complexity index is 667. The number of carbonyl (C=O) groups is 2. The van der Waals surface area contributed by atoms with E-state index < -0.39 is 5.97 Å². The number of benzene rings is 1. The molecule has 0 aliphatic carbocycles. The Labute approximate surface area is 113 Å². The summed E-state index contributed by atoms with van der Waals surface area (Å²) in [7, 11) is 0. The van der Waals surface area contributed by atoms with Gasteiger partial charge in [0.05, 0.1) is 11.8 Å². The van der Waals surface area contributed by atoms with Crippen LogP contribution in [0.4, 0.5) is 10.1 Å². The topological polar surface area (TPSA) is 84.2 Å². The Morgan fingerprint density at radius 3 is 2.80 bits per heavy atom. The van der Waals surface area contributed by atoms with Crippen LogP contribution >= 0.6 is 0 Å². The summed E-state index contributed by atoms with van der Waals surface area (Å²) in [6.07, 6.45) is 2.43. The van der Waals surface area contributed by atoms with Gasteiger partial charge < -0.3 is 10.4 Å². The second-order valence-corrected chi connectivity index (χ2v) is 4.24. The molecule has 0 atom stereocenters. The highest BCUT2D eigenvalue weighted by Gasteiger charge is 2.10. The molecule has 0 saturated carbocycles. The van der Waals surface area contributed by atoms with Gasteiger partial charge in [-0.2, -0.15) is 5.10 Å². The number of anilines is 1. The van der Waals surface area contributed by atoms with Crippen molar-refractivity contribution >= 4 is 17.6 Å². The van der Waals surface area contributed by atoms with Crippen LogP contribution in [-0.4, -0.2) is 26.8 Å². The van der Waals surface area contributed by atoms with Crippen molar-refractivity contribution in [3.05, 3.63) is 47.5 Å². The lowest BCUT2D eigenvalue weighted by Gasteiger charge is -2.08. The average Bonchev–Trinajstić information content (AvgIpc) is 2.81. The van der Waals surface area contributed by atoms with E-state index in [-0.39, 0.29) is 23.8 Å². The number of carboxylic acid groups (broad SMARTS) is 1. The molecule has 2 N–H and O–H groups in total. The van der Waals surface area contributed by atoms with Gasteiger partial charge >= 0.3 is 5.97 Å². The largest absolute Gasteiger partial charge is 0.478 e. The Kier molecular flexibility index (Phi) is 3.79. The number of carbonyl (C=O) groups excluding carboxylic acids is 1. The van der Waals surface area contributed by atoms with Gasteiger partial charge in [0.15, 0.2) is 0 Å². The first kappa shape index (κ1) is 13.7. The summed E-state index contributed by atoms with van der Waals surface area (Å²) in [4.78, 5) is 22.5. The van der Waals surface area contributed by atoms with E-state index in [9.17, 15) is 14.0 Å². The van der Waals surface area contributed by atoms with Crippen LogP contribution in [0.3, 0.4) is 0 Å². The number of carboxylic acids is 1. The van der Waals surface area contributed by atoms with E-state index in [1.807, 2.05) is 0 Å². The summed E-state index contributed by atoms with van der Waals surface area (Å²) in [5.74, 6) is -1.86. The van der Waals surface area contributed by atoms with Gasteiger partial charge in [0, 0.05) is 11.9 Å². The number of nitrogens with zero attached hydrogens (tertiary/aromatic N) is 2. The quantitative estimate of drug-likeness (QED) is 0.890. The molecule has 0 bridgehead atoms. The Morgan fingerprint density at radius 2 is 2.20 bits per heavy atom. The fourth-order valence-electron chi connectivity index (χ4n) is 1.66. The zero-order chi connectivity index (χ0) is 14.7. The lowest BCUT2D eigenvalue weighted by Crippen LogP contribution is -2.19. The lowest BCUT2D eigenvalue weighted by atomic mass is 10.2. The van der Waals surface area contributed by atoms with Crippen LogP contribution in [0.25, 0.3) is 0 Å². The third kappa shape index (κ3) is 3.19. The molecule has 2 aromatic rings. The fourth-order valence-corrected chi connectivity index (χ4v) is 1.66. The zero-order valence-corrected chi connectivity index (χ0v) is 10.6. The molecule has 104 valence electrons. The van der Waals surface area contributed by atoms with Gasteiger partial charge in [-0.05, 0) is 30.7 Å². The van der Waals surface area contributed by atoms with Crippen LogP contribution in [0, 0.1) is 12.7 Å². The molecular weight excluding hydrogens is 265 g/mol. The first-order valence-corrected chi connectivity index (χ1v) is 5.77. The predicted molar refractivity (Wildman–Crippen MR) is 69.0 cm³/mol. The minimum atomic E-state index is -1.11. The smallest absolute Gasteiger partial charge is 0.338 e. The molecule has 0 unspecified atom stereocenters. The molecule has 0 spiro atoms. The van der Waals surface area contributed by atoms with E-state index in [1.54, 1.807) is 6.92 Å². The van der Waals surface area contributed by atoms with Crippen LogP contribution in [0.2, 0.25) is 0 Å². The van der Waals surface area contributed by atoms with Gasteiger partial charge in [-0.15, -0.1) is 0 Å². The molecule has 0 aliphatic heterocycles. The second kappa shape index (κ2) is 5.52. The number of hydrogen-bond acceptors (Lipinski definition) is 3. The second-order valence-electron chi connectivity index (χ2n) is 4.24. The zero-order valence-electron chi connectivity index (χ0n) is 10.6. The van der Waals surface area contributed by atoms with E-state index in [4.69, 9.17) is 5.11 Å². The summed E-state index contributed by atoms with van der Waals surface area (Å²) < 4.78 is 14.1. The third-order valence-corrected chi connectivity index (χ3v) is 2.65. The molecule has 1 amide bonds. The number of hydrogen-bond donors (Lipinski definition) is 2. The molecule has 0 aliphatic rings. The number of amides is 1. The molecule has 7 heteroatoms. The first-order chi connectivity index (χ1) is 9.45. The third-order valence-electron chi connectivity index (χ3n) is 2.65. The van der Waals surface area contributed by atoms with E-state index in [0.29, 0.717) is 11.3 Å². The molecule has 0 radical (unpaired) electrons. The van der Waals surface area contributed by atoms with Crippen molar-refractivity contribution in [2.75, 3.05) is 5.32 Å². The highest BCUT2D eigenvalue weighted by Crippen LogP contribution is 2.15. The van der Waals surface area contributed by atoms with Gasteiger partial charge in [-0.25, -0.2) is 9.18 Å². The summed E-state index contributed by atoms with van der Waals surface area (Å²) in [6.45, 7) is 1.55. The van der Waals surface area contributed by atoms with Crippen LogP contribution in [0.1, 0.15) is 15.9 Å². The number of aryl methyl sites for hydroxylation is 1. The lowest BCUT2D eigenvalue weighted by molar-refractivity contribution is -0.116. The first-order valence-electron chi connectivity index (χ1n) is 5.77. The summed E-state index contributed by atoms with van der Waals surface area (Å²) in [6, 6.07) is 4.03. The predicted octanol–water partition coefficient (Wildman–Crippen LogP) is 1.67. The van der Waals surface area contributed by atoms with Crippen LogP contribution in [0.15, 0.2) is 30.6 Å². The van der Waals surface area contributed by atoms with Crippen LogP contribution < -0.4 is 5.32 Å². The molecule has 0 saturated heterocycles. The monoisotopic (exact) mass is 277 g/mol. The standard InChI is InChI=1S/C13H12FN3O3/c1-8-4-10(14)2-3-11(8)16-12(18)7-17-6-9(5-15-17)13(19)20/h2-6H,7H2,1H3,(H,16,18)(H,19,20). The van der Waals surface area contributed by atoms with Crippen molar-refractivity contribution in [2.24, 2.45) is 0 Å². The molecular formula is C13H12FN3O3. The number of halogens is 1. The molecule has 20 heavy (non-hydrogen) atoms. The fraction of sp³-hybridized carbons (Fsp3) is 0.154. The van der Waals surface area contributed by atoms with Crippen molar-refractivity contribution in [3.63, 3.8) is 0 Å². The van der Waals surface area contributed by atoms with Crippen LogP contribution in [0.5, 0.6) is 0 Å². The van der Waals surface area contributed by atoms with E-state index in [2.05, 4.69) is 10.4 Å². The number of nitrogens with one attached hydrogen (secondary N) is 1. The minimum Gasteiger partial charge on any atom is -0.478 e. The van der Waals surface area contributed by atoms with E-state index in [1.165, 1.54) is 35.3 Å². The Hall–Kier alpha value is -2.70. The molecule has 1 aromatic carbocycles. The number of aromatic carboxylic acids is 1. The van der Waals surface area contributed by atoms with Crippen molar-refractivity contribution in [1.29, 1.82) is 0 Å². The van der Waals surface area contributed by atoms with Gasteiger partial charge in [-0.3, -0.25) is 9.48 Å².